The average Bonchev–Trinajstić information content (AvgIpc) is 3.15. The third-order valence-corrected chi connectivity index (χ3v) is 17.6. The van der Waals surface area contributed by atoms with Gasteiger partial charge in [-0.25, -0.2) is 18.7 Å². The van der Waals surface area contributed by atoms with E-state index in [2.05, 4.69) is 26.2 Å². The van der Waals surface area contributed by atoms with Crippen molar-refractivity contribution in [3.8, 4) is 22.9 Å². The Morgan fingerprint density at radius 3 is 2.36 bits per heavy atom. The maximum absolute atomic E-state index is 16.9. The molecule has 83 heavy (non-hydrogen) atoms. The zero-order chi connectivity index (χ0) is 57.3. The summed E-state index contributed by atoms with van der Waals surface area (Å²) in [7, 11) is 0. The molecule has 436 valence electrons. The Labute approximate surface area is 481 Å². The Balaban J connectivity index is 0.828. The fourth-order valence-electron chi connectivity index (χ4n) is 13.0. The van der Waals surface area contributed by atoms with Gasteiger partial charge in [0, 0.05) is 118 Å². The van der Waals surface area contributed by atoms with Crippen LogP contribution in [0.3, 0.4) is 0 Å². The Kier molecular flexibility index (Phi) is 14.7. The van der Waals surface area contributed by atoms with Crippen LogP contribution in [0.25, 0.3) is 32.9 Å². The lowest BCUT2D eigenvalue weighted by molar-refractivity contribution is -0.120. The smallest absolute Gasteiger partial charge is 0.410 e. The number of halogens is 1. The van der Waals surface area contributed by atoms with E-state index in [0.717, 1.165) is 82.9 Å². The van der Waals surface area contributed by atoms with E-state index in [1.807, 2.05) is 79.6 Å². The van der Waals surface area contributed by atoms with Crippen molar-refractivity contribution in [2.75, 3.05) is 75.4 Å². The number of aromatic nitrogens is 5. The molecule has 3 aromatic carbocycles. The van der Waals surface area contributed by atoms with Gasteiger partial charge in [-0.1, -0.05) is 12.1 Å². The molecule has 1 N–H and O–H groups in total. The second-order valence-corrected chi connectivity index (χ2v) is 24.3. The Bertz CT molecular complexity index is 3510. The molecule has 6 aliphatic heterocycles. The highest BCUT2D eigenvalue weighted by Crippen LogP contribution is 2.54. The molecule has 21 heteroatoms. The number of rotatable bonds is 13. The number of benzene rings is 3. The first-order chi connectivity index (χ1) is 40.1. The highest BCUT2D eigenvalue weighted by molar-refractivity contribution is 6.07. The van der Waals surface area contributed by atoms with Crippen LogP contribution >= 0.6 is 0 Å². The standard InChI is InChI=1S/C62H72FN11O9/c1-36-47(63)30-50-46(31-65-74(50)52-8-6-7-25-80-52)53(36)54-44(39-13-14-39)29-45-55(67-59(82-43-17-26-79-27-18-43)68-57(45)72-32-42-28-41(72)33-73(42)61(78)83-62(3,4)5)56(54)81-35-38-9-11-40(12-10-38)58(76)70-23-21-69(22-24-70)34-48-37(2)49(15-19-64-48)71-20-16-51(75)66-60(71)77/h9-12,15,19,29-31,39,41-43,52H,6-8,13-14,16-18,20-28,32-35H2,1-5H3,(H,66,75,77)/t41-,42-,52?/m0/s1. The maximum atomic E-state index is 16.9. The van der Waals surface area contributed by atoms with Gasteiger partial charge in [-0.3, -0.25) is 29.7 Å². The molecule has 1 unspecified atom stereocenters. The number of piperazine rings is 2. The second kappa shape index (κ2) is 22.3. The summed E-state index contributed by atoms with van der Waals surface area (Å²) in [6.45, 7) is 15.4. The van der Waals surface area contributed by atoms with Crippen molar-refractivity contribution in [3.63, 3.8) is 0 Å². The van der Waals surface area contributed by atoms with Crippen molar-refractivity contribution in [2.24, 2.45) is 0 Å². The molecule has 3 aromatic heterocycles. The Morgan fingerprint density at radius 1 is 0.855 bits per heavy atom. The Morgan fingerprint density at radius 2 is 1.65 bits per heavy atom. The van der Waals surface area contributed by atoms with Gasteiger partial charge in [0.2, 0.25) is 5.91 Å². The monoisotopic (exact) mass is 1130 g/mol. The molecule has 1 aliphatic carbocycles. The molecular weight excluding hydrogens is 1060 g/mol. The minimum absolute atomic E-state index is 0.0468. The third kappa shape index (κ3) is 10.9. The minimum atomic E-state index is -0.632. The second-order valence-electron chi connectivity index (χ2n) is 24.3. The van der Waals surface area contributed by atoms with Crippen LogP contribution in [0.2, 0.25) is 0 Å². The normalized spacial score (nSPS) is 21.8. The molecule has 9 heterocycles. The fourth-order valence-corrected chi connectivity index (χ4v) is 13.0. The van der Waals surface area contributed by atoms with Crippen molar-refractivity contribution < 1.29 is 47.3 Å². The topological polar surface area (TPSA) is 199 Å². The van der Waals surface area contributed by atoms with Crippen molar-refractivity contribution >= 4 is 57.2 Å². The zero-order valence-corrected chi connectivity index (χ0v) is 48.0. The first-order valence-electron chi connectivity index (χ1n) is 29.6. The van der Waals surface area contributed by atoms with Crippen molar-refractivity contribution in [1.29, 1.82) is 0 Å². The number of hydrogen-bond acceptors (Lipinski definition) is 15. The number of imide groups is 1. The van der Waals surface area contributed by atoms with Crippen LogP contribution in [0.4, 0.5) is 25.5 Å². The number of pyridine rings is 1. The maximum Gasteiger partial charge on any atom is 0.410 e. The van der Waals surface area contributed by atoms with E-state index in [9.17, 15) is 19.2 Å². The number of fused-ring (bicyclic) bond motifs is 4. The number of ether oxygens (including phenoxy) is 5. The van der Waals surface area contributed by atoms with E-state index in [1.165, 1.54) is 0 Å². The molecule has 20 nitrogen and oxygen atoms in total. The molecule has 3 atom stereocenters. The molecule has 1 saturated carbocycles. The first-order valence-corrected chi connectivity index (χ1v) is 29.6. The third-order valence-electron chi connectivity index (χ3n) is 17.6. The first kappa shape index (κ1) is 54.7. The van der Waals surface area contributed by atoms with E-state index in [0.29, 0.717) is 124 Å². The highest BCUT2D eigenvalue weighted by atomic mass is 19.1. The van der Waals surface area contributed by atoms with Gasteiger partial charge in [0.25, 0.3) is 5.91 Å². The van der Waals surface area contributed by atoms with Crippen LogP contribution in [0.1, 0.15) is 129 Å². The molecule has 0 spiro atoms. The number of likely N-dealkylation sites (tertiary alicyclic amines) is 1. The average molecular weight is 1130 g/mol. The summed E-state index contributed by atoms with van der Waals surface area (Å²) in [5.74, 6) is 0.610. The van der Waals surface area contributed by atoms with Gasteiger partial charge in [-0.05, 0) is 126 Å². The van der Waals surface area contributed by atoms with E-state index in [-0.39, 0.29) is 73.1 Å². The number of anilines is 2. The number of carbonyl (C=O) groups excluding carboxylic acids is 4. The predicted molar refractivity (Wildman–Crippen MR) is 307 cm³/mol. The number of hydrogen-bond donors (Lipinski definition) is 1. The van der Waals surface area contributed by atoms with Gasteiger partial charge in [0.15, 0.2) is 12.0 Å². The molecule has 5 amide bonds. The molecule has 13 rings (SSSR count). The van der Waals surface area contributed by atoms with E-state index < -0.39 is 11.6 Å². The van der Waals surface area contributed by atoms with Crippen LogP contribution in [-0.2, 0) is 32.2 Å². The summed E-state index contributed by atoms with van der Waals surface area (Å²) in [4.78, 5) is 77.3. The lowest BCUT2D eigenvalue weighted by Crippen LogP contribution is -2.50. The highest BCUT2D eigenvalue weighted by Gasteiger charge is 2.48. The fraction of sp³-hybridized carbons (Fsp3) is 0.516. The minimum Gasteiger partial charge on any atom is -0.486 e. The summed E-state index contributed by atoms with van der Waals surface area (Å²) in [5.41, 5.74) is 7.28. The summed E-state index contributed by atoms with van der Waals surface area (Å²) in [6.07, 6.45) is 9.64. The predicted octanol–water partition coefficient (Wildman–Crippen LogP) is 9.11. The van der Waals surface area contributed by atoms with Gasteiger partial charge >= 0.3 is 18.1 Å². The molecular formula is C62H72FN11O9. The van der Waals surface area contributed by atoms with Gasteiger partial charge < -0.3 is 38.4 Å². The van der Waals surface area contributed by atoms with Gasteiger partial charge in [-0.2, -0.15) is 15.1 Å². The molecule has 7 fully saturated rings. The lowest BCUT2D eigenvalue weighted by Gasteiger charge is -2.36. The number of carbonyl (C=O) groups is 4. The largest absolute Gasteiger partial charge is 0.486 e. The van der Waals surface area contributed by atoms with Crippen LogP contribution < -0.4 is 24.6 Å². The lowest BCUT2D eigenvalue weighted by atomic mass is 9.88. The van der Waals surface area contributed by atoms with Crippen molar-refractivity contribution in [2.45, 2.75) is 141 Å². The SMILES string of the molecule is Cc1c(N2CCC(=O)NC2=O)ccnc1CN1CCN(C(=O)c2ccc(COc3c(-c4c(C)c(F)cc5c4cnn5C4CCCCO4)c(C4CC4)cc4c(N5C[C@@H]6C[C@H]5CN6C(=O)OC(C)(C)C)nc(OC5CCOCC5)nc34)cc2)CC1. The van der Waals surface area contributed by atoms with Gasteiger partial charge in [0.1, 0.15) is 35.5 Å². The number of nitrogens with one attached hydrogen (secondary N) is 1. The summed E-state index contributed by atoms with van der Waals surface area (Å²) in [5, 5.41) is 8.87. The van der Waals surface area contributed by atoms with Crippen molar-refractivity contribution in [3.05, 3.63) is 94.2 Å². The number of amides is 5. The molecule has 2 bridgehead atoms. The Hall–Kier alpha value is -7.49. The van der Waals surface area contributed by atoms with Crippen LogP contribution in [0.15, 0.2) is 54.9 Å². The van der Waals surface area contributed by atoms with Crippen LogP contribution in [0.5, 0.6) is 11.8 Å². The van der Waals surface area contributed by atoms with E-state index in [4.69, 9.17) is 38.8 Å². The quantitative estimate of drug-likeness (QED) is 0.115. The van der Waals surface area contributed by atoms with Crippen LogP contribution in [0, 0.1) is 19.7 Å². The molecule has 7 aliphatic rings. The molecule has 0 radical (unpaired) electrons. The summed E-state index contributed by atoms with van der Waals surface area (Å²) in [6, 6.07) is 12.8. The number of urea groups is 1. The van der Waals surface area contributed by atoms with Gasteiger partial charge in [-0.15, -0.1) is 0 Å². The van der Waals surface area contributed by atoms with Gasteiger partial charge in [0.05, 0.1) is 48.4 Å². The zero-order valence-electron chi connectivity index (χ0n) is 48.0. The van der Waals surface area contributed by atoms with E-state index >= 15 is 4.39 Å². The molecule has 6 aromatic rings. The summed E-state index contributed by atoms with van der Waals surface area (Å²) >= 11 is 0. The summed E-state index contributed by atoms with van der Waals surface area (Å²) < 4.78 is 50.5. The molecule has 6 saturated heterocycles. The van der Waals surface area contributed by atoms with Crippen LogP contribution in [-0.4, -0.2) is 153 Å². The van der Waals surface area contributed by atoms with Crippen molar-refractivity contribution in [1.82, 2.24) is 44.7 Å². The van der Waals surface area contributed by atoms with E-state index in [1.54, 1.807) is 23.2 Å². The number of nitrogens with zero attached hydrogens (tertiary/aromatic N) is 10.